The fourth-order valence-corrected chi connectivity index (χ4v) is 3.59. The van der Waals surface area contributed by atoms with Gasteiger partial charge in [0.25, 0.3) is 0 Å². The van der Waals surface area contributed by atoms with Crippen LogP contribution in [0.3, 0.4) is 0 Å². The lowest BCUT2D eigenvalue weighted by atomic mass is 10.1. The highest BCUT2D eigenvalue weighted by Crippen LogP contribution is 2.33. The van der Waals surface area contributed by atoms with Crippen molar-refractivity contribution in [2.24, 2.45) is 5.73 Å². The summed E-state index contributed by atoms with van der Waals surface area (Å²) in [4.78, 5) is 26.0. The number of ether oxygens (including phenoxy) is 1. The van der Waals surface area contributed by atoms with Crippen LogP contribution in [-0.4, -0.2) is 33.0 Å². The van der Waals surface area contributed by atoms with Gasteiger partial charge in [-0.15, -0.1) is 0 Å². The number of hydrogen-bond acceptors (Lipinski definition) is 7. The number of nitrogens with one attached hydrogen (secondary N) is 2. The normalized spacial score (nSPS) is 13.9. The lowest BCUT2D eigenvalue weighted by Gasteiger charge is -2.12. The third kappa shape index (κ3) is 5.04. The number of carbonyl (C=O) groups is 1. The summed E-state index contributed by atoms with van der Waals surface area (Å²) < 4.78 is 18.9. The molecule has 1 fully saturated rings. The molecule has 2 aromatic heterocycles. The van der Waals surface area contributed by atoms with Crippen molar-refractivity contribution >= 4 is 28.6 Å². The van der Waals surface area contributed by atoms with E-state index in [0.717, 1.165) is 16.8 Å². The monoisotopic (exact) mass is 472 g/mol. The van der Waals surface area contributed by atoms with Crippen LogP contribution in [0.15, 0.2) is 60.7 Å². The SMILES string of the molecule is CCOc1nc(NCc2ccc(F)cc2)nc2ccc(-c3ccc(NC(=O)C4(N)CC4)cc3)nc12. The molecule has 1 aliphatic rings. The maximum absolute atomic E-state index is 13.1. The van der Waals surface area contributed by atoms with E-state index in [1.165, 1.54) is 12.1 Å². The average molecular weight is 473 g/mol. The molecule has 1 saturated carbocycles. The van der Waals surface area contributed by atoms with Crippen LogP contribution in [0.25, 0.3) is 22.3 Å². The first kappa shape index (κ1) is 22.7. The number of anilines is 2. The third-order valence-electron chi connectivity index (χ3n) is 5.83. The summed E-state index contributed by atoms with van der Waals surface area (Å²) in [7, 11) is 0. The van der Waals surface area contributed by atoms with Gasteiger partial charge >= 0.3 is 0 Å². The summed E-state index contributed by atoms with van der Waals surface area (Å²) in [5.41, 5.74) is 9.60. The van der Waals surface area contributed by atoms with Gasteiger partial charge in [0.15, 0.2) is 5.52 Å². The number of rotatable bonds is 8. The number of pyridine rings is 1. The van der Waals surface area contributed by atoms with E-state index in [9.17, 15) is 9.18 Å². The first-order valence-corrected chi connectivity index (χ1v) is 11.4. The molecule has 0 radical (unpaired) electrons. The van der Waals surface area contributed by atoms with Gasteiger partial charge in [0, 0.05) is 17.8 Å². The Bertz CT molecular complexity index is 1370. The highest BCUT2D eigenvalue weighted by atomic mass is 19.1. The molecule has 0 bridgehead atoms. The van der Waals surface area contributed by atoms with Crippen LogP contribution in [0.4, 0.5) is 16.0 Å². The van der Waals surface area contributed by atoms with Crippen molar-refractivity contribution in [3.05, 3.63) is 72.0 Å². The minimum absolute atomic E-state index is 0.156. The summed E-state index contributed by atoms with van der Waals surface area (Å²) in [5.74, 6) is 0.338. The van der Waals surface area contributed by atoms with Gasteiger partial charge in [0.2, 0.25) is 17.7 Å². The summed E-state index contributed by atoms with van der Waals surface area (Å²) in [6, 6.07) is 17.4. The van der Waals surface area contributed by atoms with Gasteiger partial charge in [-0.3, -0.25) is 4.79 Å². The maximum Gasteiger partial charge on any atom is 0.245 e. The number of nitrogens with zero attached hydrogens (tertiary/aromatic N) is 3. The lowest BCUT2D eigenvalue weighted by molar-refractivity contribution is -0.118. The average Bonchev–Trinajstić information content (AvgIpc) is 3.63. The fraction of sp³-hybridized carbons (Fsp3) is 0.231. The van der Waals surface area contributed by atoms with Crippen molar-refractivity contribution in [1.29, 1.82) is 0 Å². The van der Waals surface area contributed by atoms with Crippen LogP contribution in [0.2, 0.25) is 0 Å². The Morgan fingerprint density at radius 1 is 1.03 bits per heavy atom. The third-order valence-corrected chi connectivity index (χ3v) is 5.83. The first-order chi connectivity index (χ1) is 16.9. The predicted molar refractivity (Wildman–Crippen MR) is 132 cm³/mol. The maximum atomic E-state index is 13.1. The molecule has 0 unspecified atom stereocenters. The Morgan fingerprint density at radius 2 is 1.77 bits per heavy atom. The Kier molecular flexibility index (Phi) is 6.00. The summed E-state index contributed by atoms with van der Waals surface area (Å²) in [5, 5.41) is 6.02. The van der Waals surface area contributed by atoms with Gasteiger partial charge in [0.05, 0.1) is 23.4 Å². The number of halogens is 1. The molecule has 2 heterocycles. The van der Waals surface area contributed by atoms with E-state index in [-0.39, 0.29) is 11.7 Å². The Hall–Kier alpha value is -4.11. The number of aromatic nitrogens is 3. The number of amides is 1. The van der Waals surface area contributed by atoms with Crippen molar-refractivity contribution in [2.75, 3.05) is 17.2 Å². The van der Waals surface area contributed by atoms with E-state index in [1.807, 2.05) is 43.3 Å². The van der Waals surface area contributed by atoms with Gasteiger partial charge in [-0.2, -0.15) is 4.98 Å². The van der Waals surface area contributed by atoms with Gasteiger partial charge in [-0.25, -0.2) is 14.4 Å². The molecule has 178 valence electrons. The molecule has 0 atom stereocenters. The molecule has 0 aliphatic heterocycles. The molecule has 35 heavy (non-hydrogen) atoms. The van der Waals surface area contributed by atoms with Gasteiger partial charge in [-0.05, 0) is 61.7 Å². The van der Waals surface area contributed by atoms with Crippen molar-refractivity contribution in [3.63, 3.8) is 0 Å². The highest BCUT2D eigenvalue weighted by molar-refractivity contribution is 6.00. The molecular weight excluding hydrogens is 447 g/mol. The van der Waals surface area contributed by atoms with Crippen molar-refractivity contribution < 1.29 is 13.9 Å². The van der Waals surface area contributed by atoms with Gasteiger partial charge < -0.3 is 21.1 Å². The zero-order valence-corrected chi connectivity index (χ0v) is 19.2. The Balaban J connectivity index is 1.37. The number of hydrogen-bond donors (Lipinski definition) is 3. The van der Waals surface area contributed by atoms with Crippen molar-refractivity contribution in [1.82, 2.24) is 15.0 Å². The molecule has 2 aromatic carbocycles. The smallest absolute Gasteiger partial charge is 0.245 e. The highest BCUT2D eigenvalue weighted by Gasteiger charge is 2.45. The number of benzene rings is 2. The molecule has 5 rings (SSSR count). The summed E-state index contributed by atoms with van der Waals surface area (Å²) in [6.45, 7) is 2.74. The molecule has 9 heteroatoms. The zero-order chi connectivity index (χ0) is 24.4. The van der Waals surface area contributed by atoms with Crippen LogP contribution in [0.5, 0.6) is 5.88 Å². The molecule has 8 nitrogen and oxygen atoms in total. The van der Waals surface area contributed by atoms with E-state index in [2.05, 4.69) is 20.6 Å². The molecule has 1 aliphatic carbocycles. The molecular formula is C26H25FN6O2. The van der Waals surface area contributed by atoms with E-state index < -0.39 is 5.54 Å². The van der Waals surface area contributed by atoms with Gasteiger partial charge in [0.1, 0.15) is 5.82 Å². The fourth-order valence-electron chi connectivity index (χ4n) is 3.59. The summed E-state index contributed by atoms with van der Waals surface area (Å²) >= 11 is 0. The largest absolute Gasteiger partial charge is 0.476 e. The first-order valence-electron chi connectivity index (χ1n) is 11.4. The number of nitrogens with two attached hydrogens (primary N) is 1. The van der Waals surface area contributed by atoms with Crippen LogP contribution >= 0.6 is 0 Å². The van der Waals surface area contributed by atoms with E-state index in [0.29, 0.717) is 54.5 Å². The van der Waals surface area contributed by atoms with E-state index >= 15 is 0 Å². The molecule has 1 amide bonds. The lowest BCUT2D eigenvalue weighted by Crippen LogP contribution is -2.37. The second-order valence-corrected chi connectivity index (χ2v) is 8.52. The molecule has 0 spiro atoms. The van der Waals surface area contributed by atoms with Crippen LogP contribution < -0.4 is 21.1 Å². The molecule has 0 saturated heterocycles. The minimum atomic E-state index is -0.721. The standard InChI is InChI=1S/C26H25FN6O2/c1-2-35-23-22-21(32-25(33-23)29-15-16-3-7-18(27)8-4-16)12-11-20(31-22)17-5-9-19(10-6-17)30-24(34)26(28)13-14-26/h3-12H,2,13-15,28H2,1H3,(H,30,34)(H,29,32,33). The summed E-state index contributed by atoms with van der Waals surface area (Å²) in [6.07, 6.45) is 1.43. The topological polar surface area (TPSA) is 115 Å². The quantitative estimate of drug-likeness (QED) is 0.351. The van der Waals surface area contributed by atoms with Gasteiger partial charge in [-0.1, -0.05) is 24.3 Å². The zero-order valence-electron chi connectivity index (χ0n) is 19.2. The van der Waals surface area contributed by atoms with Crippen molar-refractivity contribution in [3.8, 4) is 17.1 Å². The second-order valence-electron chi connectivity index (χ2n) is 8.52. The molecule has 4 N–H and O–H groups in total. The molecule has 4 aromatic rings. The predicted octanol–water partition coefficient (Wildman–Crippen LogP) is 4.27. The van der Waals surface area contributed by atoms with E-state index in [1.54, 1.807) is 12.1 Å². The van der Waals surface area contributed by atoms with Crippen LogP contribution in [0, 0.1) is 5.82 Å². The van der Waals surface area contributed by atoms with Crippen molar-refractivity contribution in [2.45, 2.75) is 31.8 Å². The Labute approximate surface area is 201 Å². The minimum Gasteiger partial charge on any atom is -0.476 e. The number of carbonyl (C=O) groups excluding carboxylic acids is 1. The van der Waals surface area contributed by atoms with E-state index in [4.69, 9.17) is 15.5 Å². The van der Waals surface area contributed by atoms with Crippen LogP contribution in [0.1, 0.15) is 25.3 Å². The Morgan fingerprint density at radius 3 is 2.46 bits per heavy atom. The number of fused-ring (bicyclic) bond motifs is 1. The van der Waals surface area contributed by atoms with Crippen LogP contribution in [-0.2, 0) is 11.3 Å². The second kappa shape index (κ2) is 9.27.